The second-order valence-corrected chi connectivity index (χ2v) is 8.59. The molecule has 2 aromatic carbocycles. The highest BCUT2D eigenvalue weighted by Crippen LogP contribution is 2.29. The summed E-state index contributed by atoms with van der Waals surface area (Å²) in [5.74, 6) is 4.36. The first-order chi connectivity index (χ1) is 16.2. The zero-order valence-electron chi connectivity index (χ0n) is 18.5. The average molecular weight is 503 g/mol. The van der Waals surface area contributed by atoms with E-state index in [1.165, 1.54) is 41.2 Å². The Balaban J connectivity index is 1.89. The number of aliphatic hydroxyl groups is 1. The summed E-state index contributed by atoms with van der Waals surface area (Å²) in [4.78, 5) is 22.2. The minimum atomic E-state index is -0.772. The van der Waals surface area contributed by atoms with E-state index in [0.29, 0.717) is 21.8 Å². The Labute approximate surface area is 205 Å². The number of halogens is 2. The monoisotopic (exact) mass is 502 g/mol. The molecule has 1 atom stereocenters. The number of carbonyl (C=O) groups is 1. The molecule has 0 aliphatic heterocycles. The van der Waals surface area contributed by atoms with Crippen LogP contribution in [-0.4, -0.2) is 45.9 Å². The van der Waals surface area contributed by atoms with Gasteiger partial charge in [0.2, 0.25) is 0 Å². The number of benzene rings is 2. The van der Waals surface area contributed by atoms with Crippen molar-refractivity contribution in [1.29, 1.82) is 0 Å². The number of rotatable bonds is 8. The molecule has 0 saturated heterocycles. The number of nitrogens with one attached hydrogen (secondary N) is 1. The molecule has 1 aromatic heterocycles. The predicted molar refractivity (Wildman–Crippen MR) is 134 cm³/mol. The number of thioether (sulfide) groups is 1. The quantitative estimate of drug-likeness (QED) is 0.272. The van der Waals surface area contributed by atoms with Gasteiger partial charge in [-0.2, -0.15) is 0 Å². The SMILES string of the molecule is CS/C(=C\N(C)N)c1cnc(N)c(-c2ccc(C(=O)N[C@H](CO)c3cccc(Cl)c3)c(F)c2)n1. The third-order valence-electron chi connectivity index (χ3n) is 4.82. The molecule has 3 aromatic rings. The number of hydrogen-bond acceptors (Lipinski definition) is 8. The number of nitrogens with two attached hydrogens (primary N) is 2. The molecule has 0 aliphatic carbocycles. The zero-order valence-corrected chi connectivity index (χ0v) is 20.1. The number of hydrogen-bond donors (Lipinski definition) is 4. The van der Waals surface area contributed by atoms with Crippen LogP contribution >= 0.6 is 23.4 Å². The molecule has 1 amide bonds. The standard InChI is InChI=1S/C23H24ClFN6O2S/c1-31(27)11-20(34-2)18-10-28-22(26)21(29-18)14-6-7-16(17(25)9-14)23(33)30-19(12-32)13-4-3-5-15(24)8-13/h3-11,19,32H,12,27H2,1-2H3,(H2,26,28)(H,30,33)/b20-11-/t19-/m1/s1. The lowest BCUT2D eigenvalue weighted by molar-refractivity contribution is 0.0912. The van der Waals surface area contributed by atoms with E-state index < -0.39 is 17.8 Å². The minimum absolute atomic E-state index is 0.114. The molecule has 3 rings (SSSR count). The van der Waals surface area contributed by atoms with E-state index in [9.17, 15) is 14.3 Å². The molecule has 1 heterocycles. The molecule has 0 saturated carbocycles. The Morgan fingerprint density at radius 3 is 2.74 bits per heavy atom. The molecule has 11 heteroatoms. The van der Waals surface area contributed by atoms with E-state index in [2.05, 4.69) is 15.3 Å². The van der Waals surface area contributed by atoms with E-state index in [4.69, 9.17) is 23.2 Å². The first-order valence-corrected chi connectivity index (χ1v) is 11.7. The fraction of sp³-hybridized carbons (Fsp3) is 0.174. The van der Waals surface area contributed by atoms with Gasteiger partial charge in [-0.05, 0) is 36.1 Å². The summed E-state index contributed by atoms with van der Waals surface area (Å²) in [7, 11) is 1.68. The predicted octanol–water partition coefficient (Wildman–Crippen LogP) is 3.45. The Morgan fingerprint density at radius 1 is 1.35 bits per heavy atom. The van der Waals surface area contributed by atoms with Crippen molar-refractivity contribution in [2.24, 2.45) is 5.84 Å². The van der Waals surface area contributed by atoms with E-state index in [1.54, 1.807) is 37.5 Å². The van der Waals surface area contributed by atoms with Gasteiger partial charge in [0.05, 0.1) is 35.0 Å². The molecule has 6 N–H and O–H groups in total. The van der Waals surface area contributed by atoms with Gasteiger partial charge in [0.1, 0.15) is 17.3 Å². The molecule has 0 radical (unpaired) electrons. The maximum Gasteiger partial charge on any atom is 0.254 e. The number of amides is 1. The number of aromatic nitrogens is 2. The average Bonchev–Trinajstić information content (AvgIpc) is 2.81. The Hall–Kier alpha value is -3.18. The topological polar surface area (TPSA) is 130 Å². The van der Waals surface area contributed by atoms with Gasteiger partial charge in [0.25, 0.3) is 5.91 Å². The van der Waals surface area contributed by atoms with Gasteiger partial charge < -0.3 is 21.2 Å². The van der Waals surface area contributed by atoms with Crippen molar-refractivity contribution in [1.82, 2.24) is 20.3 Å². The van der Waals surface area contributed by atoms with Crippen LogP contribution in [0.25, 0.3) is 16.2 Å². The van der Waals surface area contributed by atoms with E-state index in [-0.39, 0.29) is 23.7 Å². The van der Waals surface area contributed by atoms with Crippen LogP contribution in [-0.2, 0) is 0 Å². The maximum atomic E-state index is 15.0. The maximum absolute atomic E-state index is 15.0. The summed E-state index contributed by atoms with van der Waals surface area (Å²) in [6.45, 7) is -0.381. The normalized spacial score (nSPS) is 12.4. The van der Waals surface area contributed by atoms with Gasteiger partial charge in [0.15, 0.2) is 0 Å². The van der Waals surface area contributed by atoms with Crippen molar-refractivity contribution in [3.8, 4) is 11.3 Å². The third-order valence-corrected chi connectivity index (χ3v) is 5.81. The van der Waals surface area contributed by atoms with E-state index in [1.807, 2.05) is 6.26 Å². The fourth-order valence-corrected chi connectivity index (χ4v) is 3.96. The highest BCUT2D eigenvalue weighted by molar-refractivity contribution is 8.07. The van der Waals surface area contributed by atoms with Crippen LogP contribution in [0.5, 0.6) is 0 Å². The number of nitrogens with zero attached hydrogens (tertiary/aromatic N) is 3. The van der Waals surface area contributed by atoms with Crippen LogP contribution in [0, 0.1) is 5.82 Å². The molecule has 0 aliphatic rings. The highest BCUT2D eigenvalue weighted by atomic mass is 35.5. The summed E-state index contributed by atoms with van der Waals surface area (Å²) < 4.78 is 15.0. The molecule has 0 bridgehead atoms. The number of hydrazine groups is 1. The van der Waals surface area contributed by atoms with Crippen LogP contribution in [0.1, 0.15) is 27.7 Å². The lowest BCUT2D eigenvalue weighted by Crippen LogP contribution is -2.31. The van der Waals surface area contributed by atoms with Crippen LogP contribution < -0.4 is 16.9 Å². The van der Waals surface area contributed by atoms with Crippen LogP contribution in [0.4, 0.5) is 10.2 Å². The van der Waals surface area contributed by atoms with Gasteiger partial charge in [-0.3, -0.25) is 4.79 Å². The van der Waals surface area contributed by atoms with Gasteiger partial charge in [0, 0.05) is 23.8 Å². The smallest absolute Gasteiger partial charge is 0.254 e. The second-order valence-electron chi connectivity index (χ2n) is 7.31. The van der Waals surface area contributed by atoms with Crippen molar-refractivity contribution in [3.63, 3.8) is 0 Å². The van der Waals surface area contributed by atoms with Gasteiger partial charge in [-0.1, -0.05) is 29.8 Å². The molecule has 0 unspecified atom stereocenters. The third kappa shape index (κ3) is 6.03. The molecule has 8 nitrogen and oxygen atoms in total. The highest BCUT2D eigenvalue weighted by Gasteiger charge is 2.20. The Kier molecular flexibility index (Phi) is 8.46. The van der Waals surface area contributed by atoms with Crippen LogP contribution in [0.2, 0.25) is 5.02 Å². The van der Waals surface area contributed by atoms with Gasteiger partial charge >= 0.3 is 0 Å². The number of anilines is 1. The first-order valence-electron chi connectivity index (χ1n) is 10.1. The van der Waals surface area contributed by atoms with Crippen molar-refractivity contribution in [3.05, 3.63) is 82.5 Å². The first kappa shape index (κ1) is 25.4. The summed E-state index contributed by atoms with van der Waals surface area (Å²) in [6.07, 6.45) is 5.05. The van der Waals surface area contributed by atoms with Crippen LogP contribution in [0.15, 0.2) is 54.9 Å². The van der Waals surface area contributed by atoms with Gasteiger partial charge in [-0.15, -0.1) is 11.8 Å². The molecule has 178 valence electrons. The molecular formula is C23H24ClFN6O2S. The van der Waals surface area contributed by atoms with Gasteiger partial charge in [-0.25, -0.2) is 20.2 Å². The molecule has 0 fully saturated rings. The van der Waals surface area contributed by atoms with E-state index in [0.717, 1.165) is 4.91 Å². The number of nitrogen functional groups attached to an aromatic ring is 1. The molecular weight excluding hydrogens is 479 g/mol. The zero-order chi connectivity index (χ0) is 24.8. The summed E-state index contributed by atoms with van der Waals surface area (Å²) in [5, 5.41) is 14.2. The van der Waals surface area contributed by atoms with Crippen molar-refractivity contribution in [2.45, 2.75) is 6.04 Å². The molecule has 0 spiro atoms. The summed E-state index contributed by atoms with van der Waals surface area (Å²) in [6, 6.07) is 9.99. The Bertz CT molecular complexity index is 1220. The van der Waals surface area contributed by atoms with E-state index >= 15 is 0 Å². The van der Waals surface area contributed by atoms with Crippen molar-refractivity contribution >= 4 is 40.0 Å². The number of carbonyl (C=O) groups excluding carboxylic acids is 1. The summed E-state index contributed by atoms with van der Waals surface area (Å²) >= 11 is 7.41. The minimum Gasteiger partial charge on any atom is -0.394 e. The second kappa shape index (κ2) is 11.3. The number of aliphatic hydroxyl groups excluding tert-OH is 1. The van der Waals surface area contributed by atoms with Crippen molar-refractivity contribution in [2.75, 3.05) is 25.6 Å². The lowest BCUT2D eigenvalue weighted by atomic mass is 10.0. The largest absolute Gasteiger partial charge is 0.394 e. The fourth-order valence-electron chi connectivity index (χ4n) is 3.18. The molecule has 34 heavy (non-hydrogen) atoms. The summed E-state index contributed by atoms with van der Waals surface area (Å²) in [5.41, 5.74) is 7.55. The lowest BCUT2D eigenvalue weighted by Gasteiger charge is -2.17. The Morgan fingerprint density at radius 2 is 2.12 bits per heavy atom. The van der Waals surface area contributed by atoms with Crippen LogP contribution in [0.3, 0.4) is 0 Å². The van der Waals surface area contributed by atoms with Crippen molar-refractivity contribution < 1.29 is 14.3 Å².